The van der Waals surface area contributed by atoms with Crippen molar-refractivity contribution in [3.05, 3.63) is 52.9 Å². The Bertz CT molecular complexity index is 773. The highest BCUT2D eigenvalue weighted by molar-refractivity contribution is 7.15. The highest BCUT2D eigenvalue weighted by Crippen LogP contribution is 2.29. The van der Waals surface area contributed by atoms with Gasteiger partial charge in [0.25, 0.3) is 0 Å². The molecule has 0 radical (unpaired) electrons. The molecule has 0 aliphatic rings. The van der Waals surface area contributed by atoms with E-state index >= 15 is 0 Å². The summed E-state index contributed by atoms with van der Waals surface area (Å²) in [6.45, 7) is 7.31. The van der Waals surface area contributed by atoms with Crippen LogP contribution in [0.25, 0.3) is 10.7 Å². The Morgan fingerprint density at radius 2 is 1.83 bits per heavy atom. The van der Waals surface area contributed by atoms with Crippen molar-refractivity contribution in [2.75, 3.05) is 4.90 Å². The van der Waals surface area contributed by atoms with Crippen LogP contribution >= 0.6 is 11.3 Å². The zero-order valence-corrected chi connectivity index (χ0v) is 14.8. The zero-order valence-electron chi connectivity index (χ0n) is 14.0. The predicted molar refractivity (Wildman–Crippen MR) is 96.8 cm³/mol. The fraction of sp³-hybridized carbons (Fsp3) is 0.333. The van der Waals surface area contributed by atoms with Gasteiger partial charge in [0.05, 0.1) is 4.88 Å². The van der Waals surface area contributed by atoms with Crippen LogP contribution in [0.2, 0.25) is 0 Å². The Morgan fingerprint density at radius 3 is 2.43 bits per heavy atom. The molecule has 0 N–H and O–H groups in total. The van der Waals surface area contributed by atoms with Crippen LogP contribution in [0, 0.1) is 6.92 Å². The average molecular weight is 326 g/mol. The van der Waals surface area contributed by atoms with E-state index in [2.05, 4.69) is 76.8 Å². The minimum Gasteiger partial charge on any atom is -0.334 e. The summed E-state index contributed by atoms with van der Waals surface area (Å²) in [6.07, 6.45) is 0. The molecule has 4 nitrogen and oxygen atoms in total. The van der Waals surface area contributed by atoms with Crippen LogP contribution in [0.4, 0.5) is 5.95 Å². The molecule has 0 unspecified atom stereocenters. The maximum atomic E-state index is 4.46. The molecule has 3 aromatic rings. The maximum Gasteiger partial charge on any atom is 0.227 e. The van der Waals surface area contributed by atoms with Gasteiger partial charge in [-0.15, -0.1) is 21.5 Å². The van der Waals surface area contributed by atoms with E-state index in [1.807, 2.05) is 13.1 Å². The quantitative estimate of drug-likeness (QED) is 0.702. The third kappa shape index (κ3) is 3.29. The molecule has 0 atom stereocenters. The number of anilines is 1. The Hall–Kier alpha value is -2.14. The summed E-state index contributed by atoms with van der Waals surface area (Å²) in [5.41, 5.74) is 1.28. The summed E-state index contributed by atoms with van der Waals surface area (Å²) in [7, 11) is 2.04. The molecular formula is C18H22N4S. The van der Waals surface area contributed by atoms with E-state index in [1.54, 1.807) is 11.3 Å². The van der Waals surface area contributed by atoms with Crippen LogP contribution in [-0.2, 0) is 13.6 Å². The Morgan fingerprint density at radius 1 is 1.09 bits per heavy atom. The molecule has 3 rings (SSSR count). The van der Waals surface area contributed by atoms with Crippen LogP contribution in [0.15, 0.2) is 42.5 Å². The van der Waals surface area contributed by atoms with Gasteiger partial charge in [0, 0.05) is 24.5 Å². The second kappa shape index (κ2) is 6.54. The molecule has 2 heterocycles. The monoisotopic (exact) mass is 326 g/mol. The molecule has 120 valence electrons. The van der Waals surface area contributed by atoms with E-state index in [9.17, 15) is 0 Å². The summed E-state index contributed by atoms with van der Waals surface area (Å²) in [5, 5.41) is 8.89. The minimum atomic E-state index is 0.344. The summed E-state index contributed by atoms with van der Waals surface area (Å²) in [4.78, 5) is 4.73. The molecular weight excluding hydrogens is 304 g/mol. The first kappa shape index (κ1) is 15.7. The molecule has 0 fully saturated rings. The van der Waals surface area contributed by atoms with Crippen LogP contribution in [0.3, 0.4) is 0 Å². The van der Waals surface area contributed by atoms with Crippen molar-refractivity contribution in [1.29, 1.82) is 0 Å². The van der Waals surface area contributed by atoms with Gasteiger partial charge in [0.2, 0.25) is 5.95 Å². The van der Waals surface area contributed by atoms with E-state index in [-0.39, 0.29) is 0 Å². The number of nitrogens with zero attached hydrogens (tertiary/aromatic N) is 4. The van der Waals surface area contributed by atoms with Gasteiger partial charge in [-0.3, -0.25) is 4.57 Å². The smallest absolute Gasteiger partial charge is 0.227 e. The Balaban J connectivity index is 1.93. The lowest BCUT2D eigenvalue weighted by atomic mass is 10.2. The first-order valence-corrected chi connectivity index (χ1v) is 8.64. The molecule has 0 saturated heterocycles. The molecule has 5 heteroatoms. The highest BCUT2D eigenvalue weighted by Gasteiger charge is 2.20. The lowest BCUT2D eigenvalue weighted by molar-refractivity contribution is 0.644. The molecule has 2 aromatic heterocycles. The Labute approximate surface area is 141 Å². The summed E-state index contributed by atoms with van der Waals surface area (Å²) in [6, 6.07) is 15.1. The summed E-state index contributed by atoms with van der Waals surface area (Å²) in [5.74, 6) is 1.83. The topological polar surface area (TPSA) is 34.0 Å². The largest absolute Gasteiger partial charge is 0.334 e. The second-order valence-corrected chi connectivity index (χ2v) is 7.29. The van der Waals surface area contributed by atoms with Crippen molar-refractivity contribution < 1.29 is 0 Å². The Kier molecular flexibility index (Phi) is 4.48. The van der Waals surface area contributed by atoms with Crippen molar-refractivity contribution in [2.24, 2.45) is 7.05 Å². The van der Waals surface area contributed by atoms with Gasteiger partial charge in [-0.1, -0.05) is 30.3 Å². The third-order valence-corrected chi connectivity index (χ3v) is 4.89. The van der Waals surface area contributed by atoms with Crippen LogP contribution in [-0.4, -0.2) is 20.8 Å². The standard InChI is InChI=1S/C18H22N4S/c1-13(2)22(12-15-8-6-5-7-9-15)18-20-19-17(21(18)4)16-11-10-14(3)23-16/h5-11,13H,12H2,1-4H3. The van der Waals surface area contributed by atoms with Gasteiger partial charge in [-0.2, -0.15) is 0 Å². The second-order valence-electron chi connectivity index (χ2n) is 6.00. The number of aryl methyl sites for hydroxylation is 1. The van der Waals surface area contributed by atoms with Crippen LogP contribution in [0.1, 0.15) is 24.3 Å². The lowest BCUT2D eigenvalue weighted by Gasteiger charge is -2.27. The van der Waals surface area contributed by atoms with E-state index in [0.29, 0.717) is 6.04 Å². The molecule has 0 aliphatic carbocycles. The normalized spacial score (nSPS) is 11.2. The predicted octanol–water partition coefficient (Wildman–Crippen LogP) is 4.27. The summed E-state index contributed by atoms with van der Waals surface area (Å²) < 4.78 is 2.09. The molecule has 0 bridgehead atoms. The molecule has 23 heavy (non-hydrogen) atoms. The van der Waals surface area contributed by atoms with Crippen LogP contribution in [0.5, 0.6) is 0 Å². The van der Waals surface area contributed by atoms with E-state index in [0.717, 1.165) is 23.2 Å². The van der Waals surface area contributed by atoms with Gasteiger partial charge in [0.1, 0.15) is 0 Å². The van der Waals surface area contributed by atoms with Crippen molar-refractivity contribution in [1.82, 2.24) is 14.8 Å². The van der Waals surface area contributed by atoms with Gasteiger partial charge in [-0.25, -0.2) is 0 Å². The van der Waals surface area contributed by atoms with Crippen molar-refractivity contribution in [3.8, 4) is 10.7 Å². The fourth-order valence-corrected chi connectivity index (χ4v) is 3.49. The molecule has 1 aromatic carbocycles. The van der Waals surface area contributed by atoms with E-state index < -0.39 is 0 Å². The first-order valence-electron chi connectivity index (χ1n) is 7.83. The lowest BCUT2D eigenvalue weighted by Crippen LogP contribution is -2.32. The number of benzene rings is 1. The molecule has 0 saturated carbocycles. The van der Waals surface area contributed by atoms with Crippen molar-refractivity contribution >= 4 is 17.3 Å². The number of rotatable bonds is 5. The maximum absolute atomic E-state index is 4.46. The highest BCUT2D eigenvalue weighted by atomic mass is 32.1. The number of hydrogen-bond acceptors (Lipinski definition) is 4. The van der Waals surface area contributed by atoms with Crippen molar-refractivity contribution in [2.45, 2.75) is 33.4 Å². The zero-order chi connectivity index (χ0) is 16.4. The summed E-state index contributed by atoms with van der Waals surface area (Å²) >= 11 is 1.75. The minimum absolute atomic E-state index is 0.344. The molecule has 0 amide bonds. The van der Waals surface area contributed by atoms with Crippen molar-refractivity contribution in [3.63, 3.8) is 0 Å². The average Bonchev–Trinajstić information content (AvgIpc) is 3.12. The van der Waals surface area contributed by atoms with Gasteiger partial charge < -0.3 is 4.90 Å². The van der Waals surface area contributed by atoms with E-state index in [1.165, 1.54) is 10.4 Å². The number of hydrogen-bond donors (Lipinski definition) is 0. The SMILES string of the molecule is Cc1ccc(-c2nnc(N(Cc3ccccc3)C(C)C)n2C)s1. The molecule has 0 aliphatic heterocycles. The third-order valence-electron chi connectivity index (χ3n) is 3.89. The fourth-order valence-electron chi connectivity index (χ4n) is 2.60. The van der Waals surface area contributed by atoms with E-state index in [4.69, 9.17) is 0 Å². The number of thiophene rings is 1. The van der Waals surface area contributed by atoms with Gasteiger partial charge in [0.15, 0.2) is 5.82 Å². The first-order chi connectivity index (χ1) is 11.1. The van der Waals surface area contributed by atoms with Gasteiger partial charge in [-0.05, 0) is 38.5 Å². The number of aromatic nitrogens is 3. The van der Waals surface area contributed by atoms with Crippen LogP contribution < -0.4 is 4.90 Å². The molecule has 0 spiro atoms. The van der Waals surface area contributed by atoms with Gasteiger partial charge >= 0.3 is 0 Å².